The molecule has 3 rings (SSSR count). The third-order valence-corrected chi connectivity index (χ3v) is 3.82. The van der Waals surface area contributed by atoms with E-state index in [9.17, 15) is 0 Å². The van der Waals surface area contributed by atoms with Gasteiger partial charge in [0.2, 0.25) is 0 Å². The van der Waals surface area contributed by atoms with E-state index in [2.05, 4.69) is 86.0 Å². The Morgan fingerprint density at radius 1 is 0.727 bits per heavy atom. The molecule has 0 radical (unpaired) electrons. The average molecular weight is 282 g/mol. The summed E-state index contributed by atoms with van der Waals surface area (Å²) in [5, 5.41) is 2.55. The molecule has 0 aliphatic rings. The van der Waals surface area contributed by atoms with Gasteiger partial charge in [-0.15, -0.1) is 0 Å². The van der Waals surface area contributed by atoms with Gasteiger partial charge in [0.15, 0.2) is 0 Å². The van der Waals surface area contributed by atoms with Crippen LogP contribution in [0.1, 0.15) is 5.56 Å². The largest absolute Gasteiger partial charge is 0.0985 e. The lowest BCUT2D eigenvalue weighted by Crippen LogP contribution is -1.82. The first kappa shape index (κ1) is 14.1. The first-order valence-corrected chi connectivity index (χ1v) is 7.36. The van der Waals surface area contributed by atoms with Crippen LogP contribution in [0.15, 0.2) is 97.6 Å². The van der Waals surface area contributed by atoms with Crippen molar-refractivity contribution < 1.29 is 0 Å². The van der Waals surface area contributed by atoms with E-state index in [1.165, 1.54) is 21.9 Å². The summed E-state index contributed by atoms with van der Waals surface area (Å²) >= 11 is 0. The number of hydrogen-bond acceptors (Lipinski definition) is 0. The second-order valence-electron chi connectivity index (χ2n) is 5.20. The molecule has 0 bridgehead atoms. The van der Waals surface area contributed by atoms with Crippen LogP contribution in [0.5, 0.6) is 0 Å². The summed E-state index contributed by atoms with van der Waals surface area (Å²) in [6, 6.07) is 23.5. The molecule has 0 aliphatic heterocycles. The highest BCUT2D eigenvalue weighted by atomic mass is 14.1. The Morgan fingerprint density at radius 2 is 1.41 bits per heavy atom. The maximum atomic E-state index is 3.79. The molecule has 0 aliphatic carbocycles. The van der Waals surface area contributed by atoms with Crippen molar-refractivity contribution in [1.29, 1.82) is 0 Å². The monoisotopic (exact) mass is 282 g/mol. The quantitative estimate of drug-likeness (QED) is 0.495. The minimum atomic E-state index is 1.03. The number of fused-ring (bicyclic) bond motifs is 1. The van der Waals surface area contributed by atoms with Crippen molar-refractivity contribution in [2.45, 2.75) is 0 Å². The first-order valence-electron chi connectivity index (χ1n) is 7.36. The Bertz CT molecular complexity index is 833. The topological polar surface area (TPSA) is 0 Å². The summed E-state index contributed by atoms with van der Waals surface area (Å²) in [7, 11) is 0. The Labute approximate surface area is 131 Å². The van der Waals surface area contributed by atoms with E-state index in [1.54, 1.807) is 0 Å². The van der Waals surface area contributed by atoms with E-state index in [-0.39, 0.29) is 0 Å². The van der Waals surface area contributed by atoms with Gasteiger partial charge in [0.1, 0.15) is 0 Å². The van der Waals surface area contributed by atoms with Gasteiger partial charge in [0, 0.05) is 0 Å². The second kappa shape index (κ2) is 6.28. The molecule has 0 saturated heterocycles. The summed E-state index contributed by atoms with van der Waals surface area (Å²) in [4.78, 5) is 0. The zero-order chi connectivity index (χ0) is 15.4. The van der Waals surface area contributed by atoms with Gasteiger partial charge >= 0.3 is 0 Å². The minimum absolute atomic E-state index is 1.03. The highest BCUT2D eigenvalue weighted by molar-refractivity contribution is 5.96. The van der Waals surface area contributed by atoms with Crippen molar-refractivity contribution in [2.75, 3.05) is 0 Å². The second-order valence-corrected chi connectivity index (χ2v) is 5.20. The molecule has 0 fully saturated rings. The molecule has 3 aromatic rings. The maximum absolute atomic E-state index is 3.79. The molecular formula is C22H18. The normalized spacial score (nSPS) is 10.2. The van der Waals surface area contributed by atoms with Crippen LogP contribution in [0.2, 0.25) is 0 Å². The average Bonchev–Trinajstić information content (AvgIpc) is 2.60. The fourth-order valence-electron chi connectivity index (χ4n) is 2.63. The summed E-state index contributed by atoms with van der Waals surface area (Å²) < 4.78 is 0. The summed E-state index contributed by atoms with van der Waals surface area (Å²) in [6.45, 7) is 7.58. The molecule has 0 aromatic heterocycles. The Kier molecular flexibility index (Phi) is 4.02. The van der Waals surface area contributed by atoms with Crippen LogP contribution in [-0.2, 0) is 0 Å². The molecule has 0 heteroatoms. The van der Waals surface area contributed by atoms with Gasteiger partial charge in [0.25, 0.3) is 0 Å². The molecule has 106 valence electrons. The van der Waals surface area contributed by atoms with Crippen molar-refractivity contribution in [1.82, 2.24) is 0 Å². The lowest BCUT2D eigenvalue weighted by Gasteiger charge is -2.07. The summed E-state index contributed by atoms with van der Waals surface area (Å²) in [5.41, 5.74) is 4.67. The van der Waals surface area contributed by atoms with Crippen LogP contribution < -0.4 is 0 Å². The van der Waals surface area contributed by atoms with E-state index >= 15 is 0 Å². The van der Waals surface area contributed by atoms with Crippen LogP contribution in [0.25, 0.3) is 28.0 Å². The molecule has 22 heavy (non-hydrogen) atoms. The van der Waals surface area contributed by atoms with Crippen molar-refractivity contribution in [3.63, 3.8) is 0 Å². The highest BCUT2D eigenvalue weighted by Crippen LogP contribution is 2.28. The van der Waals surface area contributed by atoms with Gasteiger partial charge in [-0.1, -0.05) is 92.0 Å². The Morgan fingerprint density at radius 3 is 2.14 bits per heavy atom. The van der Waals surface area contributed by atoms with Crippen LogP contribution in [0.4, 0.5) is 0 Å². The summed E-state index contributed by atoms with van der Waals surface area (Å²) in [5.74, 6) is 0. The molecule has 0 nitrogen and oxygen atoms in total. The number of allylic oxidation sites excluding steroid dienone is 3. The molecule has 0 unspecified atom stereocenters. The Balaban J connectivity index is 2.04. The van der Waals surface area contributed by atoms with E-state index in [1.807, 2.05) is 12.2 Å². The van der Waals surface area contributed by atoms with Gasteiger partial charge in [0.05, 0.1) is 0 Å². The number of rotatable bonds is 4. The molecule has 3 aromatic carbocycles. The molecule has 0 saturated carbocycles. The van der Waals surface area contributed by atoms with Crippen molar-refractivity contribution in [2.24, 2.45) is 0 Å². The predicted octanol–water partition coefficient (Wildman–Crippen LogP) is 6.26. The number of benzene rings is 3. The zero-order valence-corrected chi connectivity index (χ0v) is 12.5. The van der Waals surface area contributed by atoms with Crippen molar-refractivity contribution >= 4 is 16.8 Å². The lowest BCUT2D eigenvalue weighted by molar-refractivity contribution is 1.61. The minimum Gasteiger partial charge on any atom is -0.0985 e. The van der Waals surface area contributed by atoms with Gasteiger partial charge < -0.3 is 0 Å². The highest BCUT2D eigenvalue weighted by Gasteiger charge is 2.02. The van der Waals surface area contributed by atoms with E-state index in [0.717, 1.165) is 11.1 Å². The summed E-state index contributed by atoms with van der Waals surface area (Å²) in [6.07, 6.45) is 5.70. The van der Waals surface area contributed by atoms with Crippen LogP contribution in [-0.4, -0.2) is 0 Å². The van der Waals surface area contributed by atoms with Gasteiger partial charge in [-0.3, -0.25) is 0 Å². The van der Waals surface area contributed by atoms with Crippen molar-refractivity contribution in [3.05, 3.63) is 103 Å². The van der Waals surface area contributed by atoms with Gasteiger partial charge in [-0.2, -0.15) is 0 Å². The van der Waals surface area contributed by atoms with E-state index in [0.29, 0.717) is 0 Å². The standard InChI is InChI=1S/C22H18/c1-3-17(4-2)16-18-12-14-20(15-13-18)22-11-7-9-19-8-5-6-10-21(19)22/h3-16H,1-2H2. The SMILES string of the molecule is C=CC(C=C)=Cc1ccc(-c2cccc3ccccc23)cc1. The smallest absolute Gasteiger partial charge is 0.0105 e. The van der Waals surface area contributed by atoms with Gasteiger partial charge in [-0.05, 0) is 39.1 Å². The maximum Gasteiger partial charge on any atom is -0.0105 e. The molecule has 0 N–H and O–H groups in total. The lowest BCUT2D eigenvalue weighted by atomic mass is 9.97. The van der Waals surface area contributed by atoms with Crippen LogP contribution in [0, 0.1) is 0 Å². The number of hydrogen-bond donors (Lipinski definition) is 0. The van der Waals surface area contributed by atoms with Crippen LogP contribution >= 0.6 is 0 Å². The fraction of sp³-hybridized carbons (Fsp3) is 0. The zero-order valence-electron chi connectivity index (χ0n) is 12.5. The first-order chi connectivity index (χ1) is 10.8. The molecule has 0 heterocycles. The predicted molar refractivity (Wildman–Crippen MR) is 97.8 cm³/mol. The van der Waals surface area contributed by atoms with Crippen molar-refractivity contribution in [3.8, 4) is 11.1 Å². The molecule has 0 atom stereocenters. The third-order valence-electron chi connectivity index (χ3n) is 3.82. The van der Waals surface area contributed by atoms with Gasteiger partial charge in [-0.25, -0.2) is 0 Å². The third kappa shape index (κ3) is 2.77. The molecular weight excluding hydrogens is 264 g/mol. The van der Waals surface area contributed by atoms with E-state index in [4.69, 9.17) is 0 Å². The molecule has 0 spiro atoms. The Hall–Kier alpha value is -2.86. The van der Waals surface area contributed by atoms with Crippen LogP contribution in [0.3, 0.4) is 0 Å². The fourth-order valence-corrected chi connectivity index (χ4v) is 2.63. The van der Waals surface area contributed by atoms with E-state index < -0.39 is 0 Å². The molecule has 0 amide bonds.